The van der Waals surface area contributed by atoms with Gasteiger partial charge in [0.2, 0.25) is 0 Å². The predicted octanol–water partition coefficient (Wildman–Crippen LogP) is 1.96. The second-order valence-corrected chi connectivity index (χ2v) is 8.42. The molecule has 0 aromatic carbocycles. The number of aromatic nitrogens is 1. The maximum atomic E-state index is 12.8. The average molecular weight is 372 g/mol. The van der Waals surface area contributed by atoms with Crippen molar-refractivity contribution < 1.29 is 9.53 Å². The van der Waals surface area contributed by atoms with Crippen molar-refractivity contribution in [2.24, 2.45) is 5.92 Å². The summed E-state index contributed by atoms with van der Waals surface area (Å²) in [5.74, 6) is 0.586. The van der Waals surface area contributed by atoms with E-state index in [1.54, 1.807) is 11.3 Å². The average Bonchev–Trinajstić information content (AvgIpc) is 3.13. The van der Waals surface area contributed by atoms with E-state index in [1.165, 1.54) is 31.6 Å². The molecule has 0 unspecified atom stereocenters. The Labute approximate surface area is 157 Å². The Morgan fingerprint density at radius 3 is 2.77 bits per heavy atom. The zero-order valence-corrected chi connectivity index (χ0v) is 15.6. The molecular formula is C19H24N4O2S. The van der Waals surface area contributed by atoms with Crippen LogP contribution < -0.4 is 10.2 Å². The predicted molar refractivity (Wildman–Crippen MR) is 103 cm³/mol. The first-order chi connectivity index (χ1) is 12.8. The largest absolute Gasteiger partial charge is 0.378 e. The zero-order chi connectivity index (χ0) is 17.5. The third kappa shape index (κ3) is 2.98. The smallest absolute Gasteiger partial charge is 0.270 e. The van der Waals surface area contributed by atoms with Crippen LogP contribution in [0.25, 0.3) is 10.1 Å². The first kappa shape index (κ1) is 16.5. The lowest BCUT2D eigenvalue weighted by Gasteiger charge is -2.44. The summed E-state index contributed by atoms with van der Waals surface area (Å²) in [5, 5.41) is 6.55. The summed E-state index contributed by atoms with van der Waals surface area (Å²) in [6, 6.07) is 2.23. The van der Waals surface area contributed by atoms with Gasteiger partial charge in [-0.05, 0) is 37.9 Å². The van der Waals surface area contributed by atoms with Crippen LogP contribution in [-0.4, -0.2) is 67.8 Å². The molecule has 2 aromatic heterocycles. The van der Waals surface area contributed by atoms with E-state index < -0.39 is 0 Å². The third-order valence-corrected chi connectivity index (χ3v) is 6.92. The number of piperidine rings is 3. The zero-order valence-electron chi connectivity index (χ0n) is 14.8. The molecule has 4 saturated heterocycles. The standard InChI is InChI=1S/C19H24N4O2S/c24-19(21-16-11-22-3-1-13(16)2-4-22)15-9-14-17(12-26-18(14)10-20-15)23-5-7-25-8-6-23/h9-10,12-13,16H,1-8,11H2,(H,21,24)/t16-/m0/s1. The van der Waals surface area contributed by atoms with Gasteiger partial charge in [-0.3, -0.25) is 4.79 Å². The third-order valence-electron chi connectivity index (χ3n) is 6.00. The summed E-state index contributed by atoms with van der Waals surface area (Å²) in [5.41, 5.74) is 1.73. The van der Waals surface area contributed by atoms with Gasteiger partial charge >= 0.3 is 0 Å². The molecule has 138 valence electrons. The Balaban J connectivity index is 1.37. The van der Waals surface area contributed by atoms with Crippen LogP contribution in [0.15, 0.2) is 17.6 Å². The first-order valence-electron chi connectivity index (χ1n) is 9.51. The molecule has 6 nitrogen and oxygen atoms in total. The Kier molecular flexibility index (Phi) is 4.30. The van der Waals surface area contributed by atoms with Crippen LogP contribution in [0.3, 0.4) is 0 Å². The molecule has 4 aliphatic rings. The van der Waals surface area contributed by atoms with Gasteiger partial charge < -0.3 is 19.9 Å². The minimum absolute atomic E-state index is 0.0372. The minimum Gasteiger partial charge on any atom is -0.378 e. The summed E-state index contributed by atoms with van der Waals surface area (Å²) < 4.78 is 6.59. The van der Waals surface area contributed by atoms with Gasteiger partial charge in [0.05, 0.1) is 23.6 Å². The summed E-state index contributed by atoms with van der Waals surface area (Å²) in [6.45, 7) is 6.66. The van der Waals surface area contributed by atoms with Gasteiger partial charge in [-0.15, -0.1) is 11.3 Å². The van der Waals surface area contributed by atoms with Gasteiger partial charge in [-0.25, -0.2) is 4.98 Å². The molecule has 0 aliphatic carbocycles. The topological polar surface area (TPSA) is 57.7 Å². The number of pyridine rings is 1. The number of hydrogen-bond acceptors (Lipinski definition) is 6. The fraction of sp³-hybridized carbons (Fsp3) is 0.579. The lowest BCUT2D eigenvalue weighted by Crippen LogP contribution is -2.57. The number of carbonyl (C=O) groups excluding carboxylic acids is 1. The number of thiophene rings is 1. The van der Waals surface area contributed by atoms with Crippen LogP contribution in [0.5, 0.6) is 0 Å². The molecule has 7 heteroatoms. The minimum atomic E-state index is -0.0372. The highest BCUT2D eigenvalue weighted by Crippen LogP contribution is 2.33. The van der Waals surface area contributed by atoms with Gasteiger partial charge in [-0.1, -0.05) is 0 Å². The Bertz CT molecular complexity index is 809. The van der Waals surface area contributed by atoms with Crippen LogP contribution in [0.2, 0.25) is 0 Å². The number of anilines is 1. The molecule has 0 radical (unpaired) electrons. The molecular weight excluding hydrogens is 348 g/mol. The van der Waals surface area contributed by atoms with Gasteiger partial charge in [-0.2, -0.15) is 0 Å². The molecule has 6 heterocycles. The van der Waals surface area contributed by atoms with E-state index in [9.17, 15) is 4.79 Å². The lowest BCUT2D eigenvalue weighted by molar-refractivity contribution is 0.0618. The fourth-order valence-electron chi connectivity index (χ4n) is 4.46. The second kappa shape index (κ2) is 6.79. The first-order valence-corrected chi connectivity index (χ1v) is 10.4. The van der Waals surface area contributed by atoms with E-state index in [1.807, 2.05) is 12.3 Å². The van der Waals surface area contributed by atoms with Gasteiger partial charge in [0.25, 0.3) is 5.91 Å². The van der Waals surface area contributed by atoms with Gasteiger partial charge in [0.1, 0.15) is 5.69 Å². The quantitative estimate of drug-likeness (QED) is 0.893. The number of ether oxygens (including phenoxy) is 1. The summed E-state index contributed by atoms with van der Waals surface area (Å²) in [7, 11) is 0. The monoisotopic (exact) mass is 372 g/mol. The normalized spacial score (nSPS) is 28.5. The van der Waals surface area contributed by atoms with Crippen LogP contribution in [-0.2, 0) is 4.74 Å². The lowest BCUT2D eigenvalue weighted by atomic mass is 9.84. The highest BCUT2D eigenvalue weighted by molar-refractivity contribution is 7.17. The number of nitrogens with one attached hydrogen (secondary N) is 1. The molecule has 2 bridgehead atoms. The molecule has 1 atom stereocenters. The van der Waals surface area contributed by atoms with E-state index in [4.69, 9.17) is 4.74 Å². The molecule has 6 rings (SSSR count). The number of carbonyl (C=O) groups is 1. The Hall–Kier alpha value is -1.70. The van der Waals surface area contributed by atoms with Crippen molar-refractivity contribution in [1.82, 2.24) is 15.2 Å². The van der Waals surface area contributed by atoms with Crippen molar-refractivity contribution in [2.45, 2.75) is 18.9 Å². The Morgan fingerprint density at radius 2 is 2.04 bits per heavy atom. The molecule has 1 amide bonds. The molecule has 0 spiro atoms. The summed E-state index contributed by atoms with van der Waals surface area (Å²) in [4.78, 5) is 22.1. The molecule has 0 saturated carbocycles. The van der Waals surface area contributed by atoms with E-state index in [2.05, 4.69) is 25.5 Å². The van der Waals surface area contributed by atoms with Gasteiger partial charge in [0, 0.05) is 42.6 Å². The van der Waals surface area contributed by atoms with Crippen LogP contribution >= 0.6 is 11.3 Å². The van der Waals surface area contributed by atoms with Crippen molar-refractivity contribution in [3.8, 4) is 0 Å². The number of nitrogens with zero attached hydrogens (tertiary/aromatic N) is 3. The fourth-order valence-corrected chi connectivity index (χ4v) is 5.38. The number of hydrogen-bond donors (Lipinski definition) is 1. The van der Waals surface area contributed by atoms with E-state index in [-0.39, 0.29) is 11.9 Å². The number of rotatable bonds is 3. The summed E-state index contributed by atoms with van der Waals surface area (Å²) >= 11 is 1.69. The van der Waals surface area contributed by atoms with Crippen molar-refractivity contribution in [1.29, 1.82) is 0 Å². The Morgan fingerprint density at radius 1 is 1.23 bits per heavy atom. The number of morpholine rings is 1. The molecule has 1 N–H and O–H groups in total. The molecule has 4 aliphatic heterocycles. The van der Waals surface area contributed by atoms with E-state index >= 15 is 0 Å². The van der Waals surface area contributed by atoms with Crippen molar-refractivity contribution >= 4 is 33.0 Å². The second-order valence-electron chi connectivity index (χ2n) is 7.50. The summed E-state index contributed by atoms with van der Waals surface area (Å²) in [6.07, 6.45) is 4.24. The highest BCUT2D eigenvalue weighted by atomic mass is 32.1. The highest BCUT2D eigenvalue weighted by Gasteiger charge is 2.35. The number of fused-ring (bicyclic) bond motifs is 4. The van der Waals surface area contributed by atoms with Crippen LogP contribution in [0.4, 0.5) is 5.69 Å². The van der Waals surface area contributed by atoms with Crippen LogP contribution in [0, 0.1) is 5.92 Å². The molecule has 4 fully saturated rings. The maximum Gasteiger partial charge on any atom is 0.270 e. The van der Waals surface area contributed by atoms with Crippen LogP contribution in [0.1, 0.15) is 23.3 Å². The van der Waals surface area contributed by atoms with E-state index in [0.29, 0.717) is 11.6 Å². The number of amides is 1. The van der Waals surface area contributed by atoms with Crippen molar-refractivity contribution in [2.75, 3.05) is 50.8 Å². The maximum absolute atomic E-state index is 12.8. The molecule has 2 aromatic rings. The van der Waals surface area contributed by atoms with E-state index in [0.717, 1.165) is 42.9 Å². The SMILES string of the molecule is O=C(N[C@H]1CN2CCC1CC2)c1cc2c(N3CCOCC3)csc2cn1. The van der Waals surface area contributed by atoms with Crippen molar-refractivity contribution in [3.63, 3.8) is 0 Å². The van der Waals surface area contributed by atoms with Gasteiger partial charge in [0.15, 0.2) is 0 Å². The van der Waals surface area contributed by atoms with Crippen molar-refractivity contribution in [3.05, 3.63) is 23.3 Å². The molecule has 26 heavy (non-hydrogen) atoms.